The quantitative estimate of drug-likeness (QED) is 0.804. The lowest BCUT2D eigenvalue weighted by Crippen LogP contribution is -2.33. The number of hydrogen-bond acceptors (Lipinski definition) is 5. The minimum Gasteiger partial charge on any atom is -0.478 e. The number of nitrogens with one attached hydrogen (secondary N) is 2. The molecule has 0 bridgehead atoms. The van der Waals surface area contributed by atoms with Gasteiger partial charge in [0.2, 0.25) is 5.88 Å². The normalized spacial score (nSPS) is 19.5. The van der Waals surface area contributed by atoms with Crippen molar-refractivity contribution in [2.75, 3.05) is 31.6 Å². The SMILES string of the molecule is CCCOc1cc(NCC2CCCNC2)ncn1. The molecule has 2 N–H and O–H groups in total. The van der Waals surface area contributed by atoms with Crippen LogP contribution in [0.1, 0.15) is 26.2 Å². The van der Waals surface area contributed by atoms with Gasteiger partial charge in [0.15, 0.2) is 0 Å². The van der Waals surface area contributed by atoms with Crippen LogP contribution in [0.2, 0.25) is 0 Å². The molecule has 0 radical (unpaired) electrons. The second-order valence-corrected chi connectivity index (χ2v) is 4.68. The topological polar surface area (TPSA) is 59.1 Å². The van der Waals surface area contributed by atoms with E-state index in [-0.39, 0.29) is 0 Å². The highest BCUT2D eigenvalue weighted by atomic mass is 16.5. The highest BCUT2D eigenvalue weighted by Crippen LogP contribution is 2.14. The summed E-state index contributed by atoms with van der Waals surface area (Å²) in [5.74, 6) is 2.19. The molecular weight excluding hydrogens is 228 g/mol. The van der Waals surface area contributed by atoms with E-state index in [1.165, 1.54) is 12.8 Å². The number of nitrogens with zero attached hydrogens (tertiary/aromatic N) is 2. The van der Waals surface area contributed by atoms with E-state index < -0.39 is 0 Å². The first-order valence-electron chi connectivity index (χ1n) is 6.78. The molecule has 5 nitrogen and oxygen atoms in total. The van der Waals surface area contributed by atoms with Crippen LogP contribution >= 0.6 is 0 Å². The predicted molar refractivity (Wildman–Crippen MR) is 71.9 cm³/mol. The fraction of sp³-hybridized carbons (Fsp3) is 0.692. The van der Waals surface area contributed by atoms with Gasteiger partial charge in [0.05, 0.1) is 6.61 Å². The van der Waals surface area contributed by atoms with Gasteiger partial charge >= 0.3 is 0 Å². The van der Waals surface area contributed by atoms with Crippen molar-refractivity contribution in [3.05, 3.63) is 12.4 Å². The minimum atomic E-state index is 0.649. The molecule has 0 spiro atoms. The molecule has 1 aromatic rings. The van der Waals surface area contributed by atoms with E-state index in [0.717, 1.165) is 31.9 Å². The fourth-order valence-electron chi connectivity index (χ4n) is 2.07. The molecule has 18 heavy (non-hydrogen) atoms. The van der Waals surface area contributed by atoms with Crippen LogP contribution in [0.25, 0.3) is 0 Å². The van der Waals surface area contributed by atoms with E-state index in [1.807, 2.05) is 6.07 Å². The monoisotopic (exact) mass is 250 g/mol. The average Bonchev–Trinajstić information content (AvgIpc) is 2.44. The van der Waals surface area contributed by atoms with Crippen molar-refractivity contribution < 1.29 is 4.74 Å². The zero-order chi connectivity index (χ0) is 12.6. The highest BCUT2D eigenvalue weighted by Gasteiger charge is 2.12. The number of aromatic nitrogens is 2. The Morgan fingerprint density at radius 3 is 3.22 bits per heavy atom. The van der Waals surface area contributed by atoms with E-state index >= 15 is 0 Å². The van der Waals surface area contributed by atoms with E-state index in [0.29, 0.717) is 18.4 Å². The van der Waals surface area contributed by atoms with Gasteiger partial charge in [0, 0.05) is 12.6 Å². The maximum Gasteiger partial charge on any atom is 0.218 e. The Morgan fingerprint density at radius 2 is 2.44 bits per heavy atom. The van der Waals surface area contributed by atoms with Gasteiger partial charge in [-0.25, -0.2) is 9.97 Å². The summed E-state index contributed by atoms with van der Waals surface area (Å²) in [7, 11) is 0. The molecule has 1 aliphatic heterocycles. The van der Waals surface area contributed by atoms with Crippen LogP contribution in [0.5, 0.6) is 5.88 Å². The van der Waals surface area contributed by atoms with Crippen molar-refractivity contribution in [1.29, 1.82) is 0 Å². The van der Waals surface area contributed by atoms with Gasteiger partial charge in [-0.3, -0.25) is 0 Å². The Bertz CT molecular complexity index is 353. The second-order valence-electron chi connectivity index (χ2n) is 4.68. The summed E-state index contributed by atoms with van der Waals surface area (Å²) in [5.41, 5.74) is 0. The molecule has 1 aromatic heterocycles. The van der Waals surface area contributed by atoms with Crippen molar-refractivity contribution in [3.8, 4) is 5.88 Å². The van der Waals surface area contributed by atoms with Crippen LogP contribution in [-0.4, -0.2) is 36.2 Å². The van der Waals surface area contributed by atoms with Crippen molar-refractivity contribution in [2.45, 2.75) is 26.2 Å². The summed E-state index contributed by atoms with van der Waals surface area (Å²) >= 11 is 0. The Balaban J connectivity index is 1.80. The number of ether oxygens (including phenoxy) is 1. The lowest BCUT2D eigenvalue weighted by Gasteiger charge is -2.23. The zero-order valence-corrected chi connectivity index (χ0v) is 11.0. The number of piperidine rings is 1. The summed E-state index contributed by atoms with van der Waals surface area (Å²) in [6.07, 6.45) is 5.08. The molecule has 1 atom stereocenters. The van der Waals surface area contributed by atoms with Crippen molar-refractivity contribution in [3.63, 3.8) is 0 Å². The smallest absolute Gasteiger partial charge is 0.218 e. The Morgan fingerprint density at radius 1 is 1.50 bits per heavy atom. The first-order valence-corrected chi connectivity index (χ1v) is 6.78. The molecule has 2 heterocycles. The molecule has 0 amide bonds. The summed E-state index contributed by atoms with van der Waals surface area (Å²) in [6.45, 7) is 5.98. The average molecular weight is 250 g/mol. The van der Waals surface area contributed by atoms with Crippen LogP contribution < -0.4 is 15.4 Å². The molecule has 0 aliphatic carbocycles. The first kappa shape index (κ1) is 13.1. The van der Waals surface area contributed by atoms with Gasteiger partial charge in [0.1, 0.15) is 12.1 Å². The van der Waals surface area contributed by atoms with E-state index in [4.69, 9.17) is 4.74 Å². The van der Waals surface area contributed by atoms with E-state index in [9.17, 15) is 0 Å². The molecule has 1 aliphatic rings. The molecule has 0 saturated carbocycles. The van der Waals surface area contributed by atoms with Crippen LogP contribution in [0.15, 0.2) is 12.4 Å². The third-order valence-electron chi connectivity index (χ3n) is 3.07. The van der Waals surface area contributed by atoms with Gasteiger partial charge in [-0.15, -0.1) is 0 Å². The molecule has 2 rings (SSSR count). The predicted octanol–water partition coefficient (Wildman–Crippen LogP) is 1.68. The third kappa shape index (κ3) is 4.14. The second kappa shape index (κ2) is 7.16. The zero-order valence-electron chi connectivity index (χ0n) is 11.0. The molecule has 1 fully saturated rings. The number of rotatable bonds is 6. The summed E-state index contributed by atoms with van der Waals surface area (Å²) in [5, 5.41) is 6.77. The number of hydrogen-bond donors (Lipinski definition) is 2. The summed E-state index contributed by atoms with van der Waals surface area (Å²) in [4.78, 5) is 8.30. The fourth-order valence-corrected chi connectivity index (χ4v) is 2.07. The van der Waals surface area contributed by atoms with Crippen molar-refractivity contribution in [2.24, 2.45) is 5.92 Å². The Hall–Kier alpha value is -1.36. The maximum atomic E-state index is 5.48. The van der Waals surface area contributed by atoms with Gasteiger partial charge in [-0.05, 0) is 38.3 Å². The van der Waals surface area contributed by atoms with Crippen LogP contribution in [-0.2, 0) is 0 Å². The summed E-state index contributed by atoms with van der Waals surface area (Å²) < 4.78 is 5.48. The molecule has 5 heteroatoms. The Labute approximate surface area is 108 Å². The van der Waals surface area contributed by atoms with Gasteiger partial charge in [-0.1, -0.05) is 6.92 Å². The number of anilines is 1. The lowest BCUT2D eigenvalue weighted by molar-refractivity contribution is 0.305. The van der Waals surface area contributed by atoms with Crippen molar-refractivity contribution >= 4 is 5.82 Å². The van der Waals surface area contributed by atoms with Crippen molar-refractivity contribution in [1.82, 2.24) is 15.3 Å². The minimum absolute atomic E-state index is 0.649. The van der Waals surface area contributed by atoms with Crippen LogP contribution in [0, 0.1) is 5.92 Å². The molecule has 1 saturated heterocycles. The Kier molecular flexibility index (Phi) is 5.20. The van der Waals surface area contributed by atoms with E-state index in [2.05, 4.69) is 27.5 Å². The summed E-state index contributed by atoms with van der Waals surface area (Å²) in [6, 6.07) is 1.87. The maximum absolute atomic E-state index is 5.48. The van der Waals surface area contributed by atoms with Gasteiger partial charge < -0.3 is 15.4 Å². The van der Waals surface area contributed by atoms with Gasteiger partial charge in [0.25, 0.3) is 0 Å². The van der Waals surface area contributed by atoms with Crippen LogP contribution in [0.4, 0.5) is 5.82 Å². The standard InChI is InChI=1S/C13H22N4O/c1-2-6-18-13-7-12(16-10-17-13)15-9-11-4-3-5-14-8-11/h7,10-11,14H,2-6,8-9H2,1H3,(H,15,16,17). The largest absolute Gasteiger partial charge is 0.478 e. The molecule has 100 valence electrons. The molecular formula is C13H22N4O. The first-order chi connectivity index (χ1) is 8.88. The molecule has 1 unspecified atom stereocenters. The third-order valence-corrected chi connectivity index (χ3v) is 3.07. The lowest BCUT2D eigenvalue weighted by atomic mass is 10.00. The highest BCUT2D eigenvalue weighted by molar-refractivity contribution is 5.37. The van der Waals surface area contributed by atoms with E-state index in [1.54, 1.807) is 6.33 Å². The molecule has 0 aromatic carbocycles. The van der Waals surface area contributed by atoms with Crippen LogP contribution in [0.3, 0.4) is 0 Å². The van der Waals surface area contributed by atoms with Gasteiger partial charge in [-0.2, -0.15) is 0 Å².